The van der Waals surface area contributed by atoms with Gasteiger partial charge in [0.15, 0.2) is 0 Å². The van der Waals surface area contributed by atoms with Crippen LogP contribution in [0.15, 0.2) is 18.2 Å². The molecule has 1 aliphatic heterocycles. The number of halogens is 1. The van der Waals surface area contributed by atoms with Crippen LogP contribution in [0.5, 0.6) is 0 Å². The average molecular weight is 268 g/mol. The second-order valence-electron chi connectivity index (χ2n) is 4.45. The molecular formula is C13H14ClNO3. The van der Waals surface area contributed by atoms with Gasteiger partial charge in [0, 0.05) is 13.5 Å². The van der Waals surface area contributed by atoms with Crippen molar-refractivity contribution in [3.63, 3.8) is 0 Å². The van der Waals surface area contributed by atoms with Crippen LogP contribution in [0.1, 0.15) is 18.9 Å². The molecule has 0 aromatic heterocycles. The average Bonchev–Trinajstić information content (AvgIpc) is 2.49. The SMILES string of the molecule is CC(=O)N1CCC(C(=O)O)Cc2cccc(Cl)c21. The molecule has 1 aromatic rings. The van der Waals surface area contributed by atoms with E-state index in [1.807, 2.05) is 6.07 Å². The first-order valence-corrected chi connectivity index (χ1v) is 6.16. The number of anilines is 1. The van der Waals surface area contributed by atoms with Gasteiger partial charge in [-0.15, -0.1) is 0 Å². The van der Waals surface area contributed by atoms with Crippen LogP contribution in [0.4, 0.5) is 5.69 Å². The lowest BCUT2D eigenvalue weighted by Crippen LogP contribution is -2.30. The van der Waals surface area contributed by atoms with E-state index < -0.39 is 11.9 Å². The number of carbonyl (C=O) groups excluding carboxylic acids is 1. The van der Waals surface area contributed by atoms with Gasteiger partial charge in [-0.05, 0) is 24.5 Å². The van der Waals surface area contributed by atoms with Crippen LogP contribution in [0.25, 0.3) is 0 Å². The second kappa shape index (κ2) is 4.98. The van der Waals surface area contributed by atoms with Crippen molar-refractivity contribution in [2.24, 2.45) is 5.92 Å². The van der Waals surface area contributed by atoms with Gasteiger partial charge >= 0.3 is 5.97 Å². The molecule has 0 saturated carbocycles. The molecular weight excluding hydrogens is 254 g/mol. The number of hydrogen-bond donors (Lipinski definition) is 1. The largest absolute Gasteiger partial charge is 0.481 e. The highest BCUT2D eigenvalue weighted by Gasteiger charge is 2.28. The van der Waals surface area contributed by atoms with Crippen molar-refractivity contribution < 1.29 is 14.7 Å². The van der Waals surface area contributed by atoms with Gasteiger partial charge in [0.25, 0.3) is 0 Å². The van der Waals surface area contributed by atoms with Crippen molar-refractivity contribution in [3.8, 4) is 0 Å². The smallest absolute Gasteiger partial charge is 0.306 e. The Hall–Kier alpha value is -1.55. The summed E-state index contributed by atoms with van der Waals surface area (Å²) in [6.07, 6.45) is 0.856. The number of rotatable bonds is 1. The van der Waals surface area contributed by atoms with E-state index in [-0.39, 0.29) is 5.91 Å². The Morgan fingerprint density at radius 3 is 2.78 bits per heavy atom. The summed E-state index contributed by atoms with van der Waals surface area (Å²) >= 11 is 6.14. The number of aliphatic carboxylic acids is 1. The lowest BCUT2D eigenvalue weighted by molar-refractivity contribution is -0.141. The number of carboxylic acids is 1. The van der Waals surface area contributed by atoms with Crippen molar-refractivity contribution in [2.75, 3.05) is 11.4 Å². The molecule has 1 heterocycles. The van der Waals surface area contributed by atoms with E-state index in [4.69, 9.17) is 16.7 Å². The summed E-state index contributed by atoms with van der Waals surface area (Å²) in [6, 6.07) is 5.33. The Bertz CT molecular complexity index is 501. The Morgan fingerprint density at radius 2 is 2.17 bits per heavy atom. The molecule has 0 fully saturated rings. The fourth-order valence-electron chi connectivity index (χ4n) is 2.32. The van der Waals surface area contributed by atoms with Gasteiger partial charge in [0.2, 0.25) is 5.91 Å². The number of carboxylic acid groups (broad SMARTS) is 1. The summed E-state index contributed by atoms with van der Waals surface area (Å²) in [6.45, 7) is 1.86. The van der Waals surface area contributed by atoms with Gasteiger partial charge in [-0.2, -0.15) is 0 Å². The van der Waals surface area contributed by atoms with E-state index in [1.54, 1.807) is 17.0 Å². The van der Waals surface area contributed by atoms with Gasteiger partial charge in [-0.3, -0.25) is 9.59 Å². The van der Waals surface area contributed by atoms with E-state index in [0.717, 1.165) is 5.56 Å². The summed E-state index contributed by atoms with van der Waals surface area (Å²) in [7, 11) is 0. The molecule has 1 aromatic carbocycles. The molecule has 1 amide bonds. The predicted octanol–water partition coefficient (Wildman–Crippen LogP) is 2.34. The highest BCUT2D eigenvalue weighted by atomic mass is 35.5. The molecule has 4 nitrogen and oxygen atoms in total. The molecule has 96 valence electrons. The van der Waals surface area contributed by atoms with Crippen LogP contribution in [0, 0.1) is 5.92 Å². The Balaban J connectivity index is 2.49. The maximum Gasteiger partial charge on any atom is 0.306 e. The second-order valence-corrected chi connectivity index (χ2v) is 4.85. The summed E-state index contributed by atoms with van der Waals surface area (Å²) in [5, 5.41) is 9.64. The van der Waals surface area contributed by atoms with E-state index >= 15 is 0 Å². The summed E-state index contributed by atoms with van der Waals surface area (Å²) in [4.78, 5) is 24.4. The minimum Gasteiger partial charge on any atom is -0.481 e. The van der Waals surface area contributed by atoms with Crippen molar-refractivity contribution in [2.45, 2.75) is 19.8 Å². The lowest BCUT2D eigenvalue weighted by Gasteiger charge is -2.22. The zero-order chi connectivity index (χ0) is 13.3. The molecule has 18 heavy (non-hydrogen) atoms. The van der Waals surface area contributed by atoms with E-state index in [2.05, 4.69) is 0 Å². The fourth-order valence-corrected chi connectivity index (χ4v) is 2.61. The molecule has 0 radical (unpaired) electrons. The summed E-state index contributed by atoms with van der Waals surface area (Å²) in [5.74, 6) is -1.41. The lowest BCUT2D eigenvalue weighted by atomic mass is 9.97. The zero-order valence-corrected chi connectivity index (χ0v) is 10.8. The van der Waals surface area contributed by atoms with Crippen molar-refractivity contribution in [1.29, 1.82) is 0 Å². The van der Waals surface area contributed by atoms with Crippen molar-refractivity contribution >= 4 is 29.2 Å². The third-order valence-electron chi connectivity index (χ3n) is 3.24. The fraction of sp³-hybridized carbons (Fsp3) is 0.385. The molecule has 0 bridgehead atoms. The standard InChI is InChI=1S/C13H14ClNO3/c1-8(16)15-6-5-10(13(17)18)7-9-3-2-4-11(14)12(9)15/h2-4,10H,5-7H2,1H3,(H,17,18). The predicted molar refractivity (Wildman–Crippen MR) is 68.9 cm³/mol. The van der Waals surface area contributed by atoms with Gasteiger partial charge in [0.1, 0.15) is 0 Å². The number of nitrogens with zero attached hydrogens (tertiary/aromatic N) is 1. The van der Waals surface area contributed by atoms with E-state index in [0.29, 0.717) is 30.1 Å². The van der Waals surface area contributed by atoms with E-state index in [9.17, 15) is 9.59 Å². The van der Waals surface area contributed by atoms with Crippen molar-refractivity contribution in [1.82, 2.24) is 0 Å². The minimum atomic E-state index is -0.827. The first-order chi connectivity index (χ1) is 8.50. The molecule has 0 spiro atoms. The Labute approximate surface area is 110 Å². The summed E-state index contributed by atoms with van der Waals surface area (Å²) in [5.41, 5.74) is 1.48. The monoisotopic (exact) mass is 267 g/mol. The van der Waals surface area contributed by atoms with Crippen LogP contribution in [0.3, 0.4) is 0 Å². The quantitative estimate of drug-likeness (QED) is 0.850. The number of hydrogen-bond acceptors (Lipinski definition) is 2. The van der Waals surface area contributed by atoms with Crippen LogP contribution in [0.2, 0.25) is 5.02 Å². The Kier molecular flexibility index (Phi) is 3.57. The van der Waals surface area contributed by atoms with Crippen LogP contribution >= 0.6 is 11.6 Å². The zero-order valence-electron chi connectivity index (χ0n) is 10.0. The molecule has 5 heteroatoms. The maximum absolute atomic E-state index is 11.7. The third kappa shape index (κ3) is 2.34. The topological polar surface area (TPSA) is 57.6 Å². The van der Waals surface area contributed by atoms with Gasteiger partial charge in [-0.25, -0.2) is 0 Å². The minimum absolute atomic E-state index is 0.115. The van der Waals surface area contributed by atoms with Crippen LogP contribution < -0.4 is 4.90 Å². The molecule has 1 atom stereocenters. The molecule has 1 aliphatic rings. The van der Waals surface area contributed by atoms with Gasteiger partial charge in [-0.1, -0.05) is 23.7 Å². The molecule has 0 aliphatic carbocycles. The van der Waals surface area contributed by atoms with Crippen molar-refractivity contribution in [3.05, 3.63) is 28.8 Å². The number of fused-ring (bicyclic) bond motifs is 1. The van der Waals surface area contributed by atoms with Crippen LogP contribution in [-0.4, -0.2) is 23.5 Å². The number of carbonyl (C=O) groups is 2. The summed E-state index contributed by atoms with van der Waals surface area (Å²) < 4.78 is 0. The first kappa shape index (κ1) is 12.9. The molecule has 1 N–H and O–H groups in total. The Morgan fingerprint density at radius 1 is 1.44 bits per heavy atom. The maximum atomic E-state index is 11.7. The van der Waals surface area contributed by atoms with Crippen LogP contribution in [-0.2, 0) is 16.0 Å². The highest BCUT2D eigenvalue weighted by molar-refractivity contribution is 6.34. The van der Waals surface area contributed by atoms with Gasteiger partial charge in [0.05, 0.1) is 16.6 Å². The first-order valence-electron chi connectivity index (χ1n) is 5.79. The molecule has 1 unspecified atom stereocenters. The molecule has 2 rings (SSSR count). The normalized spacial score (nSPS) is 19.0. The molecule has 0 saturated heterocycles. The number of benzene rings is 1. The van der Waals surface area contributed by atoms with Gasteiger partial charge < -0.3 is 10.0 Å². The highest BCUT2D eigenvalue weighted by Crippen LogP contribution is 2.35. The number of amides is 1. The third-order valence-corrected chi connectivity index (χ3v) is 3.54. The van der Waals surface area contributed by atoms with E-state index in [1.165, 1.54) is 6.92 Å². The number of para-hydroxylation sites is 1.